The minimum Gasteiger partial charge on any atom is -0.334 e. The third-order valence-electron chi connectivity index (χ3n) is 3.92. The molecule has 3 N–H and O–H groups in total. The zero-order valence-electron chi connectivity index (χ0n) is 15.5. The molecule has 1 amide bonds. The first-order valence-electron chi connectivity index (χ1n) is 8.42. The molecule has 0 aromatic heterocycles. The van der Waals surface area contributed by atoms with E-state index in [1.165, 1.54) is 0 Å². The van der Waals surface area contributed by atoms with Crippen molar-refractivity contribution in [3.63, 3.8) is 0 Å². The van der Waals surface area contributed by atoms with E-state index in [1.807, 2.05) is 30.3 Å². The monoisotopic (exact) mass is 411 g/mol. The van der Waals surface area contributed by atoms with Crippen LogP contribution in [0.25, 0.3) is 0 Å². The summed E-state index contributed by atoms with van der Waals surface area (Å²) in [5, 5.41) is 0. The lowest BCUT2D eigenvalue weighted by Crippen LogP contribution is -2.32. The van der Waals surface area contributed by atoms with Gasteiger partial charge < -0.3 is 10.6 Å². The standard InChI is InChI=1S/C19H25N3O3S.ClH/c1-15-9-10-17(13-18(15)21-26(2,24)25)19(23)22(12-6-11-20)14-16-7-4-3-5-8-16;/h3-5,7-10,13,21H,6,11-12,14,20H2,1-2H3;1H. The maximum absolute atomic E-state index is 13.0. The quantitative estimate of drug-likeness (QED) is 0.698. The van der Waals surface area contributed by atoms with E-state index in [-0.39, 0.29) is 18.3 Å². The minimum atomic E-state index is -3.42. The highest BCUT2D eigenvalue weighted by Gasteiger charge is 2.17. The number of anilines is 1. The number of amides is 1. The molecule has 148 valence electrons. The summed E-state index contributed by atoms with van der Waals surface area (Å²) >= 11 is 0. The molecule has 8 heteroatoms. The average Bonchev–Trinajstić information content (AvgIpc) is 2.59. The summed E-state index contributed by atoms with van der Waals surface area (Å²) in [6, 6.07) is 14.8. The van der Waals surface area contributed by atoms with Crippen molar-refractivity contribution < 1.29 is 13.2 Å². The summed E-state index contributed by atoms with van der Waals surface area (Å²) in [5.74, 6) is -0.154. The van der Waals surface area contributed by atoms with Crippen molar-refractivity contribution >= 4 is 34.0 Å². The van der Waals surface area contributed by atoms with Crippen LogP contribution in [0.3, 0.4) is 0 Å². The number of halogens is 1. The number of hydrogen-bond donors (Lipinski definition) is 2. The number of aryl methyl sites for hydroxylation is 1. The van der Waals surface area contributed by atoms with Crippen LogP contribution < -0.4 is 10.5 Å². The number of rotatable bonds is 8. The van der Waals surface area contributed by atoms with Gasteiger partial charge in [-0.25, -0.2) is 8.42 Å². The molecule has 0 heterocycles. The topological polar surface area (TPSA) is 92.5 Å². The predicted molar refractivity (Wildman–Crippen MR) is 112 cm³/mol. The van der Waals surface area contributed by atoms with Gasteiger partial charge in [0.1, 0.15) is 0 Å². The van der Waals surface area contributed by atoms with Gasteiger partial charge in [-0.15, -0.1) is 12.4 Å². The number of sulfonamides is 1. The van der Waals surface area contributed by atoms with E-state index in [0.717, 1.165) is 17.4 Å². The van der Waals surface area contributed by atoms with Crippen LogP contribution >= 0.6 is 12.4 Å². The molecule has 0 saturated heterocycles. The van der Waals surface area contributed by atoms with Crippen LogP contribution in [-0.2, 0) is 16.6 Å². The first-order chi connectivity index (χ1) is 12.3. The van der Waals surface area contributed by atoms with E-state index < -0.39 is 10.0 Å². The van der Waals surface area contributed by atoms with Crippen molar-refractivity contribution in [3.8, 4) is 0 Å². The molecule has 0 unspecified atom stereocenters. The van der Waals surface area contributed by atoms with Gasteiger partial charge in [0.25, 0.3) is 5.91 Å². The molecule has 0 aliphatic carbocycles. The third-order valence-corrected chi connectivity index (χ3v) is 4.51. The van der Waals surface area contributed by atoms with Gasteiger partial charge in [-0.3, -0.25) is 9.52 Å². The van der Waals surface area contributed by atoms with Gasteiger partial charge in [-0.05, 0) is 43.1 Å². The molecule has 0 spiro atoms. The van der Waals surface area contributed by atoms with Gasteiger partial charge in [-0.1, -0.05) is 36.4 Å². The van der Waals surface area contributed by atoms with Gasteiger partial charge in [0.15, 0.2) is 0 Å². The number of nitrogens with two attached hydrogens (primary N) is 1. The van der Waals surface area contributed by atoms with E-state index in [0.29, 0.717) is 37.3 Å². The summed E-state index contributed by atoms with van der Waals surface area (Å²) < 4.78 is 25.5. The number of nitrogens with one attached hydrogen (secondary N) is 1. The molecule has 0 fully saturated rings. The number of hydrogen-bond acceptors (Lipinski definition) is 4. The number of carbonyl (C=O) groups is 1. The number of benzene rings is 2. The second-order valence-corrected chi connectivity index (χ2v) is 8.01. The molecule has 0 atom stereocenters. The third kappa shape index (κ3) is 7.21. The fraction of sp³-hybridized carbons (Fsp3) is 0.316. The lowest BCUT2D eigenvalue weighted by molar-refractivity contribution is 0.0742. The van der Waals surface area contributed by atoms with E-state index in [9.17, 15) is 13.2 Å². The Hall–Kier alpha value is -2.09. The fourth-order valence-electron chi connectivity index (χ4n) is 2.59. The smallest absolute Gasteiger partial charge is 0.254 e. The molecule has 27 heavy (non-hydrogen) atoms. The van der Waals surface area contributed by atoms with Crippen LogP contribution in [0.15, 0.2) is 48.5 Å². The Labute approximate surface area is 167 Å². The molecule has 0 aliphatic rings. The Morgan fingerprint density at radius 1 is 1.15 bits per heavy atom. The highest BCUT2D eigenvalue weighted by Crippen LogP contribution is 2.20. The summed E-state index contributed by atoms with van der Waals surface area (Å²) in [5.41, 5.74) is 8.24. The predicted octanol–water partition coefficient (Wildman–Crippen LogP) is 2.78. The molecule has 2 aromatic carbocycles. The lowest BCUT2D eigenvalue weighted by atomic mass is 10.1. The van der Waals surface area contributed by atoms with Gasteiger partial charge in [-0.2, -0.15) is 0 Å². The normalized spacial score (nSPS) is 10.8. The van der Waals surface area contributed by atoms with Crippen molar-refractivity contribution in [2.24, 2.45) is 5.73 Å². The van der Waals surface area contributed by atoms with Crippen LogP contribution in [-0.4, -0.2) is 38.6 Å². The Morgan fingerprint density at radius 3 is 2.41 bits per heavy atom. The fourth-order valence-corrected chi connectivity index (χ4v) is 3.21. The maximum atomic E-state index is 13.0. The first-order valence-corrected chi connectivity index (χ1v) is 10.3. The van der Waals surface area contributed by atoms with Crippen molar-refractivity contribution in [2.45, 2.75) is 19.9 Å². The molecule has 0 bridgehead atoms. The molecule has 0 aliphatic heterocycles. The summed E-state index contributed by atoms with van der Waals surface area (Å²) in [7, 11) is -3.42. The first kappa shape index (κ1) is 23.0. The van der Waals surface area contributed by atoms with Crippen LogP contribution in [0.4, 0.5) is 5.69 Å². The molecule has 0 saturated carbocycles. The van der Waals surface area contributed by atoms with E-state index in [4.69, 9.17) is 5.73 Å². The minimum absolute atomic E-state index is 0. The highest BCUT2D eigenvalue weighted by atomic mass is 35.5. The van der Waals surface area contributed by atoms with Gasteiger partial charge in [0.2, 0.25) is 10.0 Å². The summed E-state index contributed by atoms with van der Waals surface area (Å²) in [6.45, 7) is 3.29. The molecule has 2 rings (SSSR count). The van der Waals surface area contributed by atoms with Gasteiger partial charge in [0, 0.05) is 18.7 Å². The van der Waals surface area contributed by atoms with E-state index in [1.54, 1.807) is 30.0 Å². The highest BCUT2D eigenvalue weighted by molar-refractivity contribution is 7.92. The van der Waals surface area contributed by atoms with Crippen molar-refractivity contribution in [1.82, 2.24) is 4.90 Å². The molecule has 0 radical (unpaired) electrons. The summed E-state index contributed by atoms with van der Waals surface area (Å²) in [6.07, 6.45) is 1.78. The average molecular weight is 412 g/mol. The van der Waals surface area contributed by atoms with Crippen LogP contribution in [0.1, 0.15) is 27.9 Å². The second-order valence-electron chi connectivity index (χ2n) is 6.26. The van der Waals surface area contributed by atoms with Gasteiger partial charge >= 0.3 is 0 Å². The lowest BCUT2D eigenvalue weighted by Gasteiger charge is -2.23. The molecular weight excluding hydrogens is 386 g/mol. The zero-order valence-corrected chi connectivity index (χ0v) is 17.1. The Balaban J connectivity index is 0.00000364. The molecular formula is C19H26ClN3O3S. The van der Waals surface area contributed by atoms with Crippen molar-refractivity contribution in [3.05, 3.63) is 65.2 Å². The van der Waals surface area contributed by atoms with Crippen LogP contribution in [0.2, 0.25) is 0 Å². The zero-order chi connectivity index (χ0) is 19.2. The van der Waals surface area contributed by atoms with Crippen molar-refractivity contribution in [2.75, 3.05) is 24.1 Å². The number of nitrogens with zero attached hydrogens (tertiary/aromatic N) is 1. The Kier molecular flexibility index (Phi) is 8.75. The summed E-state index contributed by atoms with van der Waals surface area (Å²) in [4.78, 5) is 14.7. The molecule has 6 nitrogen and oxygen atoms in total. The SMILES string of the molecule is Cc1ccc(C(=O)N(CCCN)Cc2ccccc2)cc1NS(C)(=O)=O.Cl. The van der Waals surface area contributed by atoms with E-state index in [2.05, 4.69) is 4.72 Å². The maximum Gasteiger partial charge on any atom is 0.254 e. The largest absolute Gasteiger partial charge is 0.334 e. The second kappa shape index (κ2) is 10.3. The van der Waals surface area contributed by atoms with Gasteiger partial charge in [0.05, 0.1) is 11.9 Å². The van der Waals surface area contributed by atoms with Crippen LogP contribution in [0.5, 0.6) is 0 Å². The Bertz CT molecular complexity index is 858. The van der Waals surface area contributed by atoms with Crippen LogP contribution in [0, 0.1) is 6.92 Å². The van der Waals surface area contributed by atoms with Crippen molar-refractivity contribution in [1.29, 1.82) is 0 Å². The number of carbonyl (C=O) groups excluding carboxylic acids is 1. The van der Waals surface area contributed by atoms with E-state index >= 15 is 0 Å². The molecule has 2 aromatic rings. The Morgan fingerprint density at radius 2 is 1.81 bits per heavy atom.